The third-order valence-corrected chi connectivity index (χ3v) is 18.0. The van der Waals surface area contributed by atoms with Crippen LogP contribution >= 0.6 is 11.6 Å². The number of hydrogen-bond acceptors (Lipinski definition) is 38. The molecule has 3 aromatic heterocycles. The number of hydrogen-bond donors (Lipinski definition) is 0. The highest BCUT2D eigenvalue weighted by molar-refractivity contribution is 6.67. The molecule has 1 saturated carbocycles. The van der Waals surface area contributed by atoms with E-state index in [0.29, 0.717) is 6.42 Å². The average Bonchev–Trinajstić information content (AvgIpc) is 1.55. The van der Waals surface area contributed by atoms with Gasteiger partial charge in [0.15, 0.2) is 0 Å². The van der Waals surface area contributed by atoms with Crippen LogP contribution in [0.5, 0.6) is 11.5 Å². The van der Waals surface area contributed by atoms with Crippen molar-refractivity contribution in [2.45, 2.75) is 19.3 Å². The minimum absolute atomic E-state index is 0.0847. The van der Waals surface area contributed by atoms with Crippen LogP contribution in [0.4, 0.5) is 0 Å². The van der Waals surface area contributed by atoms with E-state index in [1.807, 2.05) is 0 Å². The molecule has 9 aliphatic heterocycles. The lowest BCUT2D eigenvalue weighted by Crippen LogP contribution is -2.50. The Labute approximate surface area is 598 Å². The molecule has 10 aliphatic rings. The van der Waals surface area contributed by atoms with Crippen molar-refractivity contribution >= 4 is 157 Å². The second kappa shape index (κ2) is 26.5. The largest absolute Gasteiger partial charge is 0.457 e. The van der Waals surface area contributed by atoms with Crippen molar-refractivity contribution in [3.05, 3.63) is 226 Å². The molecule has 1 aliphatic carbocycles. The second-order valence-corrected chi connectivity index (χ2v) is 24.3. The van der Waals surface area contributed by atoms with Crippen LogP contribution in [-0.2, 0) is 87.4 Å². The molecule has 2 unspecified atom stereocenters. The summed E-state index contributed by atoms with van der Waals surface area (Å²) in [5.74, 6) is -16.8. The third-order valence-electron chi connectivity index (χ3n) is 17.8. The maximum absolute atomic E-state index is 11.7. The van der Waals surface area contributed by atoms with Crippen LogP contribution in [0.1, 0.15) is 138 Å². The molecule has 0 N–H and O–H groups in total. The van der Waals surface area contributed by atoms with Crippen molar-refractivity contribution in [2.24, 2.45) is 35.5 Å². The first kappa shape index (κ1) is 70.8. The zero-order valence-corrected chi connectivity index (χ0v) is 53.9. The summed E-state index contributed by atoms with van der Waals surface area (Å²) in [6, 6.07) is 22.3. The van der Waals surface area contributed by atoms with E-state index in [2.05, 4.69) is 55.9 Å². The van der Waals surface area contributed by atoms with Crippen molar-refractivity contribution in [3.63, 3.8) is 0 Å². The Morgan fingerprint density at radius 1 is 0.294 bits per heavy atom. The fraction of sp³-hybridized carbons (Fsp3) is 0.129. The molecule has 38 nitrogen and oxygen atoms in total. The second-order valence-electron chi connectivity index (χ2n) is 23.9. The number of fused-ring (bicyclic) bond motifs is 15. The van der Waals surface area contributed by atoms with E-state index in [1.54, 1.807) is 36.4 Å². The summed E-state index contributed by atoms with van der Waals surface area (Å²) in [5.41, 5.74) is -3.67. The van der Waals surface area contributed by atoms with Crippen LogP contribution in [0.3, 0.4) is 0 Å². The smallest absolute Gasteiger partial charge is 0.347 e. The van der Waals surface area contributed by atoms with Gasteiger partial charge in [-0.15, -0.1) is 0 Å². The summed E-state index contributed by atoms with van der Waals surface area (Å²) in [5, 5.41) is -4.03. The number of benzene rings is 6. The van der Waals surface area contributed by atoms with Crippen molar-refractivity contribution < 1.29 is 152 Å². The highest BCUT2D eigenvalue weighted by atomic mass is 35.5. The summed E-state index contributed by atoms with van der Waals surface area (Å²) >= 11 is 5.21. The summed E-state index contributed by atoms with van der Waals surface area (Å²) in [4.78, 5) is 283. The fourth-order valence-electron chi connectivity index (χ4n) is 12.8. The first-order chi connectivity index (χ1) is 51.7. The number of furan rings is 3. The lowest BCUT2D eigenvalue weighted by Gasteiger charge is -2.33. The van der Waals surface area contributed by atoms with Crippen LogP contribution in [-0.4, -0.2) is 113 Å². The Morgan fingerprint density at radius 3 is 0.826 bits per heavy atom. The predicted molar refractivity (Wildman–Crippen MR) is 336 cm³/mol. The van der Waals surface area contributed by atoms with E-state index < -0.39 is 214 Å². The number of rotatable bonds is 6. The van der Waals surface area contributed by atoms with Gasteiger partial charge in [-0.2, -0.15) is 0 Å². The number of ether oxygens (including phenoxy) is 10. The molecule has 109 heavy (non-hydrogen) atoms. The minimum Gasteiger partial charge on any atom is -0.457 e. The van der Waals surface area contributed by atoms with E-state index in [0.717, 1.165) is 11.1 Å². The van der Waals surface area contributed by atoms with Gasteiger partial charge in [0.2, 0.25) is 0 Å². The van der Waals surface area contributed by atoms with E-state index in [4.69, 9.17) is 16.3 Å². The predicted octanol–water partition coefficient (Wildman–Crippen LogP) is 1.57. The monoisotopic (exact) mass is 1510 g/mol. The maximum atomic E-state index is 11.7. The van der Waals surface area contributed by atoms with Crippen LogP contribution in [0.15, 0.2) is 133 Å². The highest BCUT2D eigenvalue weighted by Gasteiger charge is 2.73. The molecule has 12 heterocycles. The molecule has 19 rings (SSSR count). The van der Waals surface area contributed by atoms with Gasteiger partial charge in [-0.05, 0) is 108 Å². The van der Waals surface area contributed by atoms with Crippen LogP contribution < -0.4 is 38.5 Å². The normalized spacial score (nSPS) is 20.3. The topological polar surface area (TPSA) is 558 Å². The molecule has 6 aromatic carbocycles. The van der Waals surface area contributed by atoms with Gasteiger partial charge in [-0.25, -0.2) is 76.7 Å². The Bertz CT molecular complexity index is 5560. The van der Waals surface area contributed by atoms with E-state index in [1.165, 1.54) is 54.6 Å². The highest BCUT2D eigenvalue weighted by Crippen LogP contribution is 2.55. The van der Waals surface area contributed by atoms with Gasteiger partial charge in [0.05, 0.1) is 136 Å². The van der Waals surface area contributed by atoms with E-state index in [9.17, 15) is 120 Å². The summed E-state index contributed by atoms with van der Waals surface area (Å²) in [7, 11) is 0. The van der Waals surface area contributed by atoms with Crippen molar-refractivity contribution in [3.8, 4) is 11.5 Å². The summed E-state index contributed by atoms with van der Waals surface area (Å²) in [6.07, 6.45) is 0.140. The summed E-state index contributed by atoms with van der Waals surface area (Å²) in [6.45, 7) is 0. The number of carbonyl (C=O) groups is 19. The molecular formula is C70H27ClO38. The number of esters is 18. The van der Waals surface area contributed by atoms with Crippen molar-refractivity contribution in [1.82, 2.24) is 0 Å². The molecule has 5 fully saturated rings. The van der Waals surface area contributed by atoms with Gasteiger partial charge in [-0.3, -0.25) is 43.2 Å². The van der Waals surface area contributed by atoms with E-state index >= 15 is 0 Å². The van der Waals surface area contributed by atoms with Gasteiger partial charge in [0.1, 0.15) is 11.5 Å². The van der Waals surface area contributed by atoms with Gasteiger partial charge in [-0.1, -0.05) is 12.1 Å². The number of halogens is 1. The molecule has 0 bridgehead atoms. The fourth-order valence-corrected chi connectivity index (χ4v) is 13.0. The average molecular weight is 1510 g/mol. The molecule has 542 valence electrons. The van der Waals surface area contributed by atoms with Crippen molar-refractivity contribution in [1.29, 1.82) is 0 Å². The van der Waals surface area contributed by atoms with Crippen molar-refractivity contribution in [2.75, 3.05) is 0 Å². The molecule has 4 saturated heterocycles. The number of cyclic esters (lactones) is 18. The lowest BCUT2D eigenvalue weighted by atomic mass is 9.59. The third kappa shape index (κ3) is 12.2. The molecule has 9 aromatic rings. The molecule has 0 radical (unpaired) electrons. The van der Waals surface area contributed by atoms with Crippen LogP contribution in [0.25, 0.3) is 32.3 Å². The Hall–Kier alpha value is -15.2. The lowest BCUT2D eigenvalue weighted by molar-refractivity contribution is -0.158. The Kier molecular flexibility index (Phi) is 17.2. The molecule has 39 heteroatoms. The zero-order valence-electron chi connectivity index (χ0n) is 53.1. The zero-order chi connectivity index (χ0) is 77.9. The first-order valence-electron chi connectivity index (χ1n) is 30.7. The van der Waals surface area contributed by atoms with Crippen LogP contribution in [0.2, 0.25) is 0 Å². The molecule has 0 spiro atoms. The van der Waals surface area contributed by atoms with Gasteiger partial charge in [0.25, 0.3) is 5.24 Å². The number of carbonyl (C=O) groups excluding carboxylic acids is 19. The maximum Gasteiger partial charge on any atom is 0.347 e. The SMILES string of the molecule is O=C(Cl)c1ccc2c(c1)C(=O)OC2=O.O=C1CC(C2CC(=O)OC2=O)C(=O)O1.O=C1OC(=O)C2C1C1C(=O)OC(=O)C21.O=C1OC(=O)c2cc(Cc3ccc4c(c3)C(=O)OC4=O)ccc21.O=C1OC(=O)c2cc(Oc3ccc4c(c3)C(=O)OC4=O)ccc21.O=c1oc(=O)c2c1c1c(=O)oc(=O)c1c1c(=O)oc(=O)c21. The molecular weight excluding hydrogens is 1480 g/mol. The van der Waals surface area contributed by atoms with E-state index in [-0.39, 0.29) is 85.5 Å². The summed E-state index contributed by atoms with van der Waals surface area (Å²) < 4.78 is 58.2. The first-order valence-corrected chi connectivity index (χ1v) is 31.0. The van der Waals surface area contributed by atoms with Gasteiger partial charge < -0.3 is 60.6 Å². The standard InChI is InChI=1S/C17H8O6.C16H6O7.C12O9.C9H3ClO4.C8H4O6.C8H6O6/c18-14-10-3-1-8(6-12(10)16(20)22-14)5-9-2-4-11-13(7-9)17(21)23-15(11)19;17-13-9-3-1-7(5-11(9)15(19)22-13)21-8-2-4-10-12(6-8)16(20)23-14(10)18;13-7-1-2(8(14)19-7)4-6(12(18)21-11(4)17)5-3(1)9(15)20-10(5)16;10-7(11)4-1-2-5-6(3-4)9(13)14-8(5)12;9-5-1-2(6(10)13-5)4-3(1)7(11)14-8(4)12;9-5-1-3(7(11)13-5)4-2-6(10)14-8(4)12/h1-4,6-7H,5H2;1-6H;;1-3H;1-4H;3-4H,1-2H2. The Morgan fingerprint density at radius 2 is 0.550 bits per heavy atom. The minimum atomic E-state index is -1.20. The molecule has 2 atom stereocenters. The quantitative estimate of drug-likeness (QED) is 0.0986. The van der Waals surface area contributed by atoms with Gasteiger partial charge >= 0.3 is 141 Å². The van der Waals surface area contributed by atoms with Gasteiger partial charge in [0, 0.05) is 5.56 Å². The molecule has 0 amide bonds. The van der Waals surface area contributed by atoms with Crippen LogP contribution in [0, 0.1) is 35.5 Å². The Balaban J connectivity index is 0.000000111.